The molecule has 1 amide bonds. The molecule has 3 aromatic rings. The highest BCUT2D eigenvalue weighted by molar-refractivity contribution is 7.99. The van der Waals surface area contributed by atoms with Gasteiger partial charge in [-0.25, -0.2) is 4.79 Å². The van der Waals surface area contributed by atoms with Crippen molar-refractivity contribution in [2.75, 3.05) is 31.4 Å². The number of benzene rings is 2. The van der Waals surface area contributed by atoms with Crippen LogP contribution in [-0.4, -0.2) is 52.7 Å². The Morgan fingerprint density at radius 1 is 1.09 bits per heavy atom. The average molecular weight is 457 g/mol. The van der Waals surface area contributed by atoms with Crippen molar-refractivity contribution in [3.8, 4) is 17.2 Å². The van der Waals surface area contributed by atoms with Crippen LogP contribution in [0.2, 0.25) is 0 Å². The summed E-state index contributed by atoms with van der Waals surface area (Å²) in [6.07, 6.45) is 0. The van der Waals surface area contributed by atoms with Gasteiger partial charge >= 0.3 is 5.97 Å². The maximum absolute atomic E-state index is 12.5. The zero-order valence-corrected chi connectivity index (χ0v) is 18.8. The summed E-state index contributed by atoms with van der Waals surface area (Å²) in [6, 6.07) is 14.3. The van der Waals surface area contributed by atoms with Crippen molar-refractivity contribution in [2.24, 2.45) is 0 Å². The van der Waals surface area contributed by atoms with Gasteiger partial charge in [0, 0.05) is 17.4 Å². The second-order valence-corrected chi connectivity index (χ2v) is 7.46. The van der Waals surface area contributed by atoms with Crippen molar-refractivity contribution >= 4 is 29.3 Å². The highest BCUT2D eigenvalue weighted by atomic mass is 32.2. The highest BCUT2D eigenvalue weighted by Gasteiger charge is 2.14. The lowest BCUT2D eigenvalue weighted by atomic mass is 10.3. The topological polar surface area (TPSA) is 105 Å². The van der Waals surface area contributed by atoms with E-state index in [1.165, 1.54) is 11.8 Å². The first-order valence-electron chi connectivity index (χ1n) is 9.87. The molecule has 0 saturated carbocycles. The van der Waals surface area contributed by atoms with Crippen LogP contribution in [0, 0.1) is 6.92 Å². The van der Waals surface area contributed by atoms with Crippen LogP contribution >= 0.6 is 11.8 Å². The van der Waals surface area contributed by atoms with Gasteiger partial charge in [-0.3, -0.25) is 9.36 Å². The number of carbonyl (C=O) groups is 2. The lowest BCUT2D eigenvalue weighted by molar-refractivity contribution is -0.145. The van der Waals surface area contributed by atoms with Crippen LogP contribution in [0.25, 0.3) is 5.69 Å². The molecule has 1 N–H and O–H groups in total. The zero-order chi connectivity index (χ0) is 22.9. The van der Waals surface area contributed by atoms with Gasteiger partial charge in [0.25, 0.3) is 0 Å². The van der Waals surface area contributed by atoms with Gasteiger partial charge in [-0.2, -0.15) is 0 Å². The predicted molar refractivity (Wildman–Crippen MR) is 121 cm³/mol. The molecule has 1 aromatic heterocycles. The number of esters is 1. The summed E-state index contributed by atoms with van der Waals surface area (Å²) >= 11 is 1.28. The lowest BCUT2D eigenvalue weighted by Gasteiger charge is -2.10. The number of nitrogens with one attached hydrogen (secondary N) is 1. The van der Waals surface area contributed by atoms with Crippen LogP contribution in [0.4, 0.5) is 5.69 Å². The second-order valence-electron chi connectivity index (χ2n) is 6.52. The van der Waals surface area contributed by atoms with Gasteiger partial charge in [-0.05, 0) is 50.2 Å². The van der Waals surface area contributed by atoms with E-state index >= 15 is 0 Å². The Bertz CT molecular complexity index is 1070. The molecule has 0 fully saturated rings. The zero-order valence-electron chi connectivity index (χ0n) is 18.0. The molecule has 9 nitrogen and oxygen atoms in total. The molecule has 10 heteroatoms. The standard InChI is InChI=1S/C22H24N4O5S/c1-4-30-21(28)13-31-19-7-5-6-16(12-19)23-20(27)14-32-22-25-24-15(2)26(22)17-8-10-18(29-3)11-9-17/h5-12H,4,13-14H2,1-3H3,(H,23,27). The number of thioether (sulfide) groups is 1. The van der Waals surface area contributed by atoms with Crippen LogP contribution in [0.1, 0.15) is 12.7 Å². The molecular weight excluding hydrogens is 432 g/mol. The summed E-state index contributed by atoms with van der Waals surface area (Å²) in [4.78, 5) is 23.9. The first kappa shape index (κ1) is 23.1. The molecule has 3 rings (SSSR count). The van der Waals surface area contributed by atoms with Crippen molar-refractivity contribution in [1.82, 2.24) is 14.8 Å². The van der Waals surface area contributed by atoms with E-state index in [-0.39, 0.29) is 18.3 Å². The maximum Gasteiger partial charge on any atom is 0.344 e. The Balaban J connectivity index is 1.59. The SMILES string of the molecule is CCOC(=O)COc1cccc(NC(=O)CSc2nnc(C)n2-c2ccc(OC)cc2)c1. The Kier molecular flexibility index (Phi) is 8.09. The molecule has 0 aliphatic rings. The van der Waals surface area contributed by atoms with Crippen molar-refractivity contribution in [1.29, 1.82) is 0 Å². The summed E-state index contributed by atoms with van der Waals surface area (Å²) in [5.41, 5.74) is 1.44. The Morgan fingerprint density at radius 2 is 1.88 bits per heavy atom. The minimum absolute atomic E-state index is 0.141. The highest BCUT2D eigenvalue weighted by Crippen LogP contribution is 2.24. The van der Waals surface area contributed by atoms with Gasteiger partial charge in [-0.1, -0.05) is 17.8 Å². The summed E-state index contributed by atoms with van der Waals surface area (Å²) in [7, 11) is 1.61. The van der Waals surface area contributed by atoms with E-state index in [9.17, 15) is 9.59 Å². The third-order valence-corrected chi connectivity index (χ3v) is 5.17. The fraction of sp³-hybridized carbons (Fsp3) is 0.273. The minimum atomic E-state index is -0.449. The molecule has 0 aliphatic carbocycles. The smallest absolute Gasteiger partial charge is 0.344 e. The normalized spacial score (nSPS) is 10.5. The largest absolute Gasteiger partial charge is 0.497 e. The number of aromatic nitrogens is 3. The molecule has 0 atom stereocenters. The number of carbonyl (C=O) groups excluding carboxylic acids is 2. The minimum Gasteiger partial charge on any atom is -0.497 e. The van der Waals surface area contributed by atoms with Gasteiger partial charge < -0.3 is 19.5 Å². The molecule has 0 radical (unpaired) electrons. The van der Waals surface area contributed by atoms with Crippen molar-refractivity contribution in [2.45, 2.75) is 19.0 Å². The first-order valence-corrected chi connectivity index (χ1v) is 10.9. The van der Waals surface area contributed by atoms with Gasteiger partial charge in [0.05, 0.1) is 19.5 Å². The van der Waals surface area contributed by atoms with Crippen LogP contribution in [0.5, 0.6) is 11.5 Å². The van der Waals surface area contributed by atoms with E-state index in [1.54, 1.807) is 38.3 Å². The summed E-state index contributed by atoms with van der Waals surface area (Å²) in [5.74, 6) is 1.40. The molecule has 2 aromatic carbocycles. The van der Waals surface area contributed by atoms with Crippen LogP contribution < -0.4 is 14.8 Å². The van der Waals surface area contributed by atoms with Gasteiger partial charge in [0.15, 0.2) is 11.8 Å². The van der Waals surface area contributed by atoms with Gasteiger partial charge in [-0.15, -0.1) is 10.2 Å². The molecule has 1 heterocycles. The van der Waals surface area contributed by atoms with E-state index in [2.05, 4.69) is 15.5 Å². The summed E-state index contributed by atoms with van der Waals surface area (Å²) in [5, 5.41) is 11.7. The summed E-state index contributed by atoms with van der Waals surface area (Å²) in [6.45, 7) is 3.68. The van der Waals surface area contributed by atoms with Crippen LogP contribution in [0.15, 0.2) is 53.7 Å². The number of ether oxygens (including phenoxy) is 3. The third-order valence-electron chi connectivity index (χ3n) is 4.24. The Hall–Kier alpha value is -3.53. The average Bonchev–Trinajstić information content (AvgIpc) is 3.17. The predicted octanol–water partition coefficient (Wildman–Crippen LogP) is 3.26. The first-order chi connectivity index (χ1) is 15.5. The quantitative estimate of drug-likeness (QED) is 0.366. The second kappa shape index (κ2) is 11.2. The Labute approximate surface area is 190 Å². The van der Waals surface area contributed by atoms with E-state index in [0.29, 0.717) is 29.0 Å². The van der Waals surface area contributed by atoms with E-state index in [0.717, 1.165) is 11.4 Å². The van der Waals surface area contributed by atoms with Crippen molar-refractivity contribution in [3.05, 3.63) is 54.4 Å². The Morgan fingerprint density at radius 3 is 2.59 bits per heavy atom. The number of aryl methyl sites for hydroxylation is 1. The number of methoxy groups -OCH3 is 1. The maximum atomic E-state index is 12.5. The fourth-order valence-electron chi connectivity index (χ4n) is 2.80. The molecule has 0 saturated heterocycles. The number of anilines is 1. The molecule has 0 bridgehead atoms. The van der Waals surface area contributed by atoms with Crippen molar-refractivity contribution in [3.63, 3.8) is 0 Å². The number of nitrogens with zero attached hydrogens (tertiary/aromatic N) is 3. The molecule has 0 unspecified atom stereocenters. The number of hydrogen-bond donors (Lipinski definition) is 1. The van der Waals surface area contributed by atoms with E-state index in [4.69, 9.17) is 14.2 Å². The van der Waals surface area contributed by atoms with Gasteiger partial charge in [0.1, 0.15) is 17.3 Å². The molecule has 168 valence electrons. The summed E-state index contributed by atoms with van der Waals surface area (Å²) < 4.78 is 17.3. The fourth-order valence-corrected chi connectivity index (χ4v) is 3.60. The van der Waals surface area contributed by atoms with Crippen LogP contribution in [-0.2, 0) is 14.3 Å². The number of rotatable bonds is 10. The number of hydrogen-bond acceptors (Lipinski definition) is 8. The monoisotopic (exact) mass is 456 g/mol. The lowest BCUT2D eigenvalue weighted by Crippen LogP contribution is -2.16. The van der Waals surface area contributed by atoms with E-state index < -0.39 is 5.97 Å². The van der Waals surface area contributed by atoms with E-state index in [1.807, 2.05) is 35.8 Å². The molecule has 0 aliphatic heterocycles. The number of amides is 1. The van der Waals surface area contributed by atoms with Crippen LogP contribution in [0.3, 0.4) is 0 Å². The molecular formula is C22H24N4O5S. The molecule has 0 spiro atoms. The third kappa shape index (κ3) is 6.24. The molecule has 32 heavy (non-hydrogen) atoms. The van der Waals surface area contributed by atoms with Crippen molar-refractivity contribution < 1.29 is 23.8 Å². The van der Waals surface area contributed by atoms with Gasteiger partial charge in [0.2, 0.25) is 5.91 Å².